The molecule has 0 spiro atoms. The second kappa shape index (κ2) is 5.77. The summed E-state index contributed by atoms with van der Waals surface area (Å²) in [6.45, 7) is 0. The molecular formula is C16H10N2O3. The van der Waals surface area contributed by atoms with Crippen LogP contribution < -0.4 is 0 Å². The zero-order valence-electron chi connectivity index (χ0n) is 11.1. The number of carbonyl (C=O) groups is 1. The molecule has 0 radical (unpaired) electrons. The van der Waals surface area contributed by atoms with E-state index >= 15 is 0 Å². The fourth-order valence-corrected chi connectivity index (χ4v) is 1.80. The monoisotopic (exact) mass is 278 g/mol. The average Bonchev–Trinajstić information content (AvgIpc) is 2.54. The highest BCUT2D eigenvalue weighted by Gasteiger charge is 2.18. The first-order valence-electron chi connectivity index (χ1n) is 5.90. The summed E-state index contributed by atoms with van der Waals surface area (Å²) >= 11 is 0. The number of hydrogen-bond acceptors (Lipinski definition) is 5. The van der Waals surface area contributed by atoms with Gasteiger partial charge < -0.3 is 9.84 Å². The van der Waals surface area contributed by atoms with Gasteiger partial charge in [-0.05, 0) is 23.8 Å². The van der Waals surface area contributed by atoms with Crippen molar-refractivity contribution in [2.75, 3.05) is 7.11 Å². The minimum Gasteiger partial charge on any atom is -0.505 e. The molecule has 0 atom stereocenters. The Labute approximate surface area is 121 Å². The number of benzene rings is 1. The van der Waals surface area contributed by atoms with E-state index in [0.717, 1.165) is 0 Å². The van der Waals surface area contributed by atoms with Gasteiger partial charge in [0, 0.05) is 11.1 Å². The molecule has 2 rings (SSSR count). The number of esters is 1. The van der Waals surface area contributed by atoms with E-state index in [4.69, 9.17) is 6.42 Å². The number of aromatic nitrogens is 1. The van der Waals surface area contributed by atoms with E-state index in [-0.39, 0.29) is 17.1 Å². The third-order valence-corrected chi connectivity index (χ3v) is 2.85. The first-order chi connectivity index (χ1) is 10.1. The lowest BCUT2D eigenvalue weighted by atomic mass is 10.0. The molecule has 1 aromatic carbocycles. The van der Waals surface area contributed by atoms with Crippen molar-refractivity contribution in [3.63, 3.8) is 0 Å². The molecule has 0 saturated carbocycles. The number of hydrogen-bond donors (Lipinski definition) is 1. The summed E-state index contributed by atoms with van der Waals surface area (Å²) in [6.07, 6.45) is 5.28. The number of terminal acetylenes is 1. The molecule has 0 fully saturated rings. The lowest BCUT2D eigenvalue weighted by molar-refractivity contribution is 0.0590. The second-order valence-electron chi connectivity index (χ2n) is 4.08. The summed E-state index contributed by atoms with van der Waals surface area (Å²) in [5, 5.41) is 19.0. The van der Waals surface area contributed by atoms with E-state index in [1.54, 1.807) is 24.3 Å². The van der Waals surface area contributed by atoms with Gasteiger partial charge in [0.2, 0.25) is 0 Å². The van der Waals surface area contributed by atoms with Crippen LogP contribution in [-0.4, -0.2) is 23.2 Å². The number of aromatic hydroxyl groups is 1. The van der Waals surface area contributed by atoms with E-state index in [1.807, 2.05) is 6.07 Å². The van der Waals surface area contributed by atoms with Crippen LogP contribution >= 0.6 is 0 Å². The van der Waals surface area contributed by atoms with E-state index in [1.165, 1.54) is 13.2 Å². The van der Waals surface area contributed by atoms with E-state index in [9.17, 15) is 15.2 Å². The normalized spacial score (nSPS) is 9.48. The Kier molecular flexibility index (Phi) is 3.87. The van der Waals surface area contributed by atoms with Crippen LogP contribution in [-0.2, 0) is 4.74 Å². The first-order valence-corrected chi connectivity index (χ1v) is 5.90. The summed E-state index contributed by atoms with van der Waals surface area (Å²) in [4.78, 5) is 15.3. The molecule has 21 heavy (non-hydrogen) atoms. The van der Waals surface area contributed by atoms with Crippen molar-refractivity contribution >= 4 is 5.97 Å². The van der Waals surface area contributed by atoms with Crippen LogP contribution in [0.2, 0.25) is 0 Å². The van der Waals surface area contributed by atoms with Crippen LogP contribution in [0.1, 0.15) is 21.7 Å². The molecule has 0 aliphatic rings. The Balaban J connectivity index is 2.59. The Morgan fingerprint density at radius 3 is 2.57 bits per heavy atom. The highest BCUT2D eigenvalue weighted by atomic mass is 16.5. The summed E-state index contributed by atoms with van der Waals surface area (Å²) in [5.41, 5.74) is 1.48. The van der Waals surface area contributed by atoms with Crippen LogP contribution in [0.3, 0.4) is 0 Å². The summed E-state index contributed by atoms with van der Waals surface area (Å²) < 4.78 is 4.50. The van der Waals surface area contributed by atoms with Gasteiger partial charge in [-0.1, -0.05) is 18.1 Å². The maximum absolute atomic E-state index is 11.5. The van der Waals surface area contributed by atoms with Crippen molar-refractivity contribution < 1.29 is 14.6 Å². The van der Waals surface area contributed by atoms with Crippen molar-refractivity contribution in [3.8, 4) is 35.3 Å². The molecule has 0 saturated heterocycles. The summed E-state index contributed by atoms with van der Waals surface area (Å²) in [5.74, 6) is 1.33. The fraction of sp³-hybridized carbons (Fsp3) is 0.0625. The third-order valence-electron chi connectivity index (χ3n) is 2.85. The minimum absolute atomic E-state index is 0.0154. The van der Waals surface area contributed by atoms with Crippen LogP contribution in [0, 0.1) is 23.7 Å². The molecule has 2 aromatic rings. The molecule has 0 aliphatic carbocycles. The SMILES string of the molecule is C#Cc1ccc(-c2cc(O)c(C(=O)OC)nc2C#N)cc1. The minimum atomic E-state index is -0.807. The van der Waals surface area contributed by atoms with Gasteiger partial charge >= 0.3 is 5.97 Å². The lowest BCUT2D eigenvalue weighted by Gasteiger charge is -2.08. The van der Waals surface area contributed by atoms with Crippen molar-refractivity contribution in [2.24, 2.45) is 0 Å². The van der Waals surface area contributed by atoms with Gasteiger partial charge in [0.05, 0.1) is 7.11 Å². The molecule has 5 heteroatoms. The fourth-order valence-electron chi connectivity index (χ4n) is 1.80. The van der Waals surface area contributed by atoms with Crippen LogP contribution in [0.15, 0.2) is 30.3 Å². The second-order valence-corrected chi connectivity index (χ2v) is 4.08. The van der Waals surface area contributed by atoms with Gasteiger partial charge in [-0.2, -0.15) is 5.26 Å². The zero-order chi connectivity index (χ0) is 15.4. The first kappa shape index (κ1) is 14.1. The molecule has 102 valence electrons. The van der Waals surface area contributed by atoms with E-state index in [2.05, 4.69) is 15.6 Å². The predicted molar refractivity (Wildman–Crippen MR) is 75.3 cm³/mol. The number of rotatable bonds is 2. The number of nitriles is 1. The number of ether oxygens (including phenoxy) is 1. The maximum atomic E-state index is 11.5. The van der Waals surface area contributed by atoms with Crippen molar-refractivity contribution in [1.29, 1.82) is 5.26 Å². The average molecular weight is 278 g/mol. The number of nitrogens with zero attached hydrogens (tertiary/aromatic N) is 2. The number of methoxy groups -OCH3 is 1. The Morgan fingerprint density at radius 1 is 1.38 bits per heavy atom. The predicted octanol–water partition coefficient (Wildman–Crippen LogP) is 2.09. The highest BCUT2D eigenvalue weighted by molar-refractivity contribution is 5.91. The van der Waals surface area contributed by atoms with Crippen molar-refractivity contribution in [2.45, 2.75) is 0 Å². The summed E-state index contributed by atoms with van der Waals surface area (Å²) in [6, 6.07) is 10.1. The van der Waals surface area contributed by atoms with Gasteiger partial charge in [0.25, 0.3) is 0 Å². The molecule has 0 aliphatic heterocycles. The van der Waals surface area contributed by atoms with Crippen LogP contribution in [0.5, 0.6) is 5.75 Å². The number of pyridine rings is 1. The molecule has 1 aromatic heterocycles. The smallest absolute Gasteiger partial charge is 0.360 e. The molecule has 1 N–H and O–H groups in total. The molecule has 5 nitrogen and oxygen atoms in total. The van der Waals surface area contributed by atoms with Gasteiger partial charge in [-0.25, -0.2) is 9.78 Å². The van der Waals surface area contributed by atoms with Gasteiger partial charge in [-0.15, -0.1) is 6.42 Å². The maximum Gasteiger partial charge on any atom is 0.360 e. The number of carbonyl (C=O) groups excluding carboxylic acids is 1. The Morgan fingerprint density at radius 2 is 2.05 bits per heavy atom. The largest absolute Gasteiger partial charge is 0.505 e. The zero-order valence-corrected chi connectivity index (χ0v) is 11.1. The third kappa shape index (κ3) is 2.68. The van der Waals surface area contributed by atoms with Crippen molar-refractivity contribution in [1.82, 2.24) is 4.98 Å². The van der Waals surface area contributed by atoms with Crippen LogP contribution in [0.25, 0.3) is 11.1 Å². The standard InChI is InChI=1S/C16H10N2O3/c1-3-10-4-6-11(7-5-10)12-8-14(19)15(16(20)21-2)18-13(12)9-17/h1,4-8,19H,2H3. The quantitative estimate of drug-likeness (QED) is 0.671. The van der Waals surface area contributed by atoms with Gasteiger partial charge in [0.15, 0.2) is 5.69 Å². The topological polar surface area (TPSA) is 83.2 Å². The van der Waals surface area contributed by atoms with E-state index in [0.29, 0.717) is 16.7 Å². The van der Waals surface area contributed by atoms with Gasteiger partial charge in [0.1, 0.15) is 17.5 Å². The molecule has 1 heterocycles. The van der Waals surface area contributed by atoms with Crippen molar-refractivity contribution in [3.05, 3.63) is 47.3 Å². The Bertz CT molecular complexity index is 781. The molecule has 0 unspecified atom stereocenters. The van der Waals surface area contributed by atoms with E-state index < -0.39 is 5.97 Å². The Hall–Kier alpha value is -3.31. The molecular weight excluding hydrogens is 268 g/mol. The van der Waals surface area contributed by atoms with Crippen LogP contribution in [0.4, 0.5) is 0 Å². The van der Waals surface area contributed by atoms with Gasteiger partial charge in [-0.3, -0.25) is 0 Å². The molecule has 0 bridgehead atoms. The molecule has 0 amide bonds. The highest BCUT2D eigenvalue weighted by Crippen LogP contribution is 2.28. The lowest BCUT2D eigenvalue weighted by Crippen LogP contribution is -2.06. The summed E-state index contributed by atoms with van der Waals surface area (Å²) in [7, 11) is 1.17.